The smallest absolute Gasteiger partial charge is 0.248 e. The van der Waals surface area contributed by atoms with Gasteiger partial charge in [0.05, 0.1) is 20.4 Å². The van der Waals surface area contributed by atoms with Crippen molar-refractivity contribution in [2.24, 2.45) is 0 Å². The van der Waals surface area contributed by atoms with Crippen molar-refractivity contribution in [3.05, 3.63) is 78.4 Å². The first-order valence-electron chi connectivity index (χ1n) is 8.67. The SMILES string of the molecule is COc1cc(NC(=O)/C=C\c2ccc(Oc3cccnc3)c(F)c2)cc(OC)c1. The number of anilines is 1. The van der Waals surface area contributed by atoms with Crippen LogP contribution in [0.4, 0.5) is 10.1 Å². The summed E-state index contributed by atoms with van der Waals surface area (Å²) in [5.41, 5.74) is 1.03. The number of rotatable bonds is 7. The molecule has 2 aromatic carbocycles. The van der Waals surface area contributed by atoms with Gasteiger partial charge in [0, 0.05) is 36.2 Å². The lowest BCUT2D eigenvalue weighted by atomic mass is 10.2. The van der Waals surface area contributed by atoms with Crippen LogP contribution in [0.3, 0.4) is 0 Å². The number of carbonyl (C=O) groups excluding carboxylic acids is 1. The van der Waals surface area contributed by atoms with Gasteiger partial charge in [-0.2, -0.15) is 0 Å². The van der Waals surface area contributed by atoms with Crippen LogP contribution in [-0.2, 0) is 4.79 Å². The Hall–Kier alpha value is -3.87. The van der Waals surface area contributed by atoms with Gasteiger partial charge in [-0.1, -0.05) is 6.07 Å². The average Bonchev–Trinajstić information content (AvgIpc) is 2.74. The lowest BCUT2D eigenvalue weighted by molar-refractivity contribution is -0.111. The predicted octanol–water partition coefficient (Wildman–Crippen LogP) is 4.68. The van der Waals surface area contributed by atoms with Crippen LogP contribution in [-0.4, -0.2) is 25.1 Å². The van der Waals surface area contributed by atoms with Crippen molar-refractivity contribution in [3.63, 3.8) is 0 Å². The van der Waals surface area contributed by atoms with Gasteiger partial charge in [0.1, 0.15) is 17.2 Å². The van der Waals surface area contributed by atoms with E-state index in [0.29, 0.717) is 28.5 Å². The first-order valence-corrected chi connectivity index (χ1v) is 8.67. The predicted molar refractivity (Wildman–Crippen MR) is 108 cm³/mol. The molecule has 1 N–H and O–H groups in total. The Labute approximate surface area is 167 Å². The minimum absolute atomic E-state index is 0.0723. The van der Waals surface area contributed by atoms with Gasteiger partial charge in [-0.25, -0.2) is 4.39 Å². The summed E-state index contributed by atoms with van der Waals surface area (Å²) in [6.07, 6.45) is 5.90. The van der Waals surface area contributed by atoms with Crippen LogP contribution in [0.25, 0.3) is 6.08 Å². The van der Waals surface area contributed by atoms with Crippen LogP contribution in [0.15, 0.2) is 67.0 Å². The summed E-state index contributed by atoms with van der Waals surface area (Å²) >= 11 is 0. The first kappa shape index (κ1) is 19.9. The minimum Gasteiger partial charge on any atom is -0.497 e. The number of methoxy groups -OCH3 is 2. The molecule has 1 heterocycles. The topological polar surface area (TPSA) is 69.7 Å². The van der Waals surface area contributed by atoms with Crippen LogP contribution in [0.2, 0.25) is 0 Å². The van der Waals surface area contributed by atoms with E-state index < -0.39 is 5.82 Å². The Bertz CT molecular complexity index is 1000. The first-order chi connectivity index (χ1) is 14.1. The van der Waals surface area contributed by atoms with Gasteiger partial charge >= 0.3 is 0 Å². The van der Waals surface area contributed by atoms with Crippen molar-refractivity contribution < 1.29 is 23.4 Å². The van der Waals surface area contributed by atoms with Gasteiger partial charge in [0.15, 0.2) is 11.6 Å². The largest absolute Gasteiger partial charge is 0.497 e. The number of carbonyl (C=O) groups is 1. The Balaban J connectivity index is 1.66. The van der Waals surface area contributed by atoms with Crippen molar-refractivity contribution in [2.75, 3.05) is 19.5 Å². The molecule has 1 amide bonds. The fraction of sp³-hybridized carbons (Fsp3) is 0.0909. The number of aromatic nitrogens is 1. The molecule has 0 saturated carbocycles. The molecule has 1 aromatic heterocycles. The van der Waals surface area contributed by atoms with E-state index in [4.69, 9.17) is 14.2 Å². The van der Waals surface area contributed by atoms with E-state index in [0.717, 1.165) is 0 Å². The van der Waals surface area contributed by atoms with Crippen LogP contribution in [0.5, 0.6) is 23.0 Å². The Kier molecular flexibility index (Phi) is 6.42. The molecule has 3 rings (SSSR count). The monoisotopic (exact) mass is 394 g/mol. The molecule has 0 spiro atoms. The maximum Gasteiger partial charge on any atom is 0.248 e. The van der Waals surface area contributed by atoms with Gasteiger partial charge in [-0.15, -0.1) is 0 Å². The number of pyridine rings is 1. The Morgan fingerprint density at radius 1 is 1.03 bits per heavy atom. The molecular weight excluding hydrogens is 375 g/mol. The molecule has 148 valence electrons. The standard InChI is InChI=1S/C22H19FN2O4/c1-27-18-11-16(12-19(13-18)28-2)25-22(26)8-6-15-5-7-21(20(23)10-15)29-17-4-3-9-24-14-17/h3-14H,1-2H3,(H,25,26)/b8-6-. The number of benzene rings is 2. The normalized spacial score (nSPS) is 10.6. The van der Waals surface area contributed by atoms with E-state index in [1.165, 1.54) is 44.7 Å². The third-order valence-electron chi connectivity index (χ3n) is 3.86. The second kappa shape index (κ2) is 9.36. The highest BCUT2D eigenvalue weighted by Gasteiger charge is 2.07. The molecule has 0 aliphatic heterocycles. The molecule has 0 saturated heterocycles. The van der Waals surface area contributed by atoms with Crippen LogP contribution in [0.1, 0.15) is 5.56 Å². The summed E-state index contributed by atoms with van der Waals surface area (Å²) in [5.74, 6) is 0.681. The third-order valence-corrected chi connectivity index (χ3v) is 3.86. The lowest BCUT2D eigenvalue weighted by Gasteiger charge is -2.08. The molecule has 0 radical (unpaired) electrons. The van der Waals surface area contributed by atoms with Gasteiger partial charge in [0.25, 0.3) is 0 Å². The van der Waals surface area contributed by atoms with E-state index >= 15 is 0 Å². The van der Waals surface area contributed by atoms with Crippen LogP contribution in [0, 0.1) is 5.82 Å². The molecule has 3 aromatic rings. The van der Waals surface area contributed by atoms with Gasteiger partial charge in [0.2, 0.25) is 5.91 Å². The summed E-state index contributed by atoms with van der Waals surface area (Å²) in [6, 6.07) is 12.8. The number of ether oxygens (including phenoxy) is 3. The lowest BCUT2D eigenvalue weighted by Crippen LogP contribution is -2.08. The summed E-state index contributed by atoms with van der Waals surface area (Å²) in [6.45, 7) is 0. The summed E-state index contributed by atoms with van der Waals surface area (Å²) in [7, 11) is 3.05. The van der Waals surface area contributed by atoms with E-state index in [2.05, 4.69) is 10.3 Å². The molecule has 0 bridgehead atoms. The average molecular weight is 394 g/mol. The van der Waals surface area contributed by atoms with E-state index in [9.17, 15) is 9.18 Å². The highest BCUT2D eigenvalue weighted by molar-refractivity contribution is 6.02. The fourth-order valence-electron chi connectivity index (χ4n) is 2.47. The molecule has 7 heteroatoms. The zero-order valence-corrected chi connectivity index (χ0v) is 15.9. The fourth-order valence-corrected chi connectivity index (χ4v) is 2.47. The number of hydrogen-bond acceptors (Lipinski definition) is 5. The number of nitrogens with zero attached hydrogens (tertiary/aromatic N) is 1. The van der Waals surface area contributed by atoms with Crippen molar-refractivity contribution in [2.45, 2.75) is 0 Å². The summed E-state index contributed by atoms with van der Waals surface area (Å²) < 4.78 is 30.1. The van der Waals surface area contributed by atoms with E-state index in [1.807, 2.05) is 0 Å². The van der Waals surface area contributed by atoms with E-state index in [-0.39, 0.29) is 11.7 Å². The Morgan fingerprint density at radius 3 is 2.41 bits per heavy atom. The van der Waals surface area contributed by atoms with Crippen molar-refractivity contribution in [1.82, 2.24) is 4.98 Å². The zero-order chi connectivity index (χ0) is 20.6. The van der Waals surface area contributed by atoms with E-state index in [1.54, 1.807) is 42.6 Å². The quantitative estimate of drug-likeness (QED) is 0.589. The van der Waals surface area contributed by atoms with Gasteiger partial charge < -0.3 is 19.5 Å². The number of halogens is 1. The minimum atomic E-state index is -0.547. The maximum absolute atomic E-state index is 14.3. The third kappa shape index (κ3) is 5.55. The molecular formula is C22H19FN2O4. The molecule has 0 fully saturated rings. The summed E-state index contributed by atoms with van der Waals surface area (Å²) in [5, 5.41) is 2.71. The molecule has 0 aliphatic carbocycles. The number of nitrogens with one attached hydrogen (secondary N) is 1. The van der Waals surface area contributed by atoms with Gasteiger partial charge in [-0.3, -0.25) is 9.78 Å². The van der Waals surface area contributed by atoms with Crippen LogP contribution < -0.4 is 19.5 Å². The molecule has 0 aliphatic rings. The second-order valence-corrected chi connectivity index (χ2v) is 5.90. The van der Waals surface area contributed by atoms with Crippen molar-refractivity contribution in [1.29, 1.82) is 0 Å². The highest BCUT2D eigenvalue weighted by atomic mass is 19.1. The number of amides is 1. The van der Waals surface area contributed by atoms with Gasteiger partial charge in [-0.05, 0) is 35.9 Å². The summed E-state index contributed by atoms with van der Waals surface area (Å²) in [4.78, 5) is 16.1. The molecule has 0 atom stereocenters. The Morgan fingerprint density at radius 2 is 1.79 bits per heavy atom. The second-order valence-electron chi connectivity index (χ2n) is 5.90. The number of hydrogen-bond donors (Lipinski definition) is 1. The maximum atomic E-state index is 14.3. The molecule has 29 heavy (non-hydrogen) atoms. The van der Waals surface area contributed by atoms with Crippen molar-refractivity contribution >= 4 is 17.7 Å². The van der Waals surface area contributed by atoms with Crippen molar-refractivity contribution in [3.8, 4) is 23.0 Å². The zero-order valence-electron chi connectivity index (χ0n) is 15.9. The van der Waals surface area contributed by atoms with Crippen LogP contribution >= 0.6 is 0 Å². The molecule has 0 unspecified atom stereocenters. The highest BCUT2D eigenvalue weighted by Crippen LogP contribution is 2.26. The molecule has 6 nitrogen and oxygen atoms in total.